The minimum Gasteiger partial charge on any atom is -0.484 e. The van der Waals surface area contributed by atoms with Gasteiger partial charge in [-0.1, -0.05) is 19.6 Å². The van der Waals surface area contributed by atoms with Crippen molar-refractivity contribution in [1.29, 1.82) is 5.26 Å². The first-order chi connectivity index (χ1) is 16.4. The number of nitriles is 1. The fourth-order valence-corrected chi connectivity index (χ4v) is 4.76. The number of nitrogens with zero attached hydrogens (tertiary/aromatic N) is 6. The first-order valence-electron chi connectivity index (χ1n) is 11.3. The lowest BCUT2D eigenvalue weighted by Gasteiger charge is -2.15. The fourth-order valence-electron chi connectivity index (χ4n) is 4.00. The maximum atomic E-state index is 9.07. The lowest BCUT2D eigenvalue weighted by molar-refractivity contribution is 0.0818. The van der Waals surface area contributed by atoms with Crippen molar-refractivity contribution < 1.29 is 13.9 Å². The number of aromatic nitrogens is 5. The normalized spacial score (nSPS) is 15.4. The molecular weight excluding hydrogens is 448 g/mol. The monoisotopic (exact) mass is 474 g/mol. The molecule has 0 saturated carbocycles. The molecule has 0 saturated heterocycles. The smallest absolute Gasteiger partial charge is 0.181 e. The Morgan fingerprint density at radius 3 is 2.91 bits per heavy atom. The average molecular weight is 475 g/mol. The van der Waals surface area contributed by atoms with Gasteiger partial charge in [0.15, 0.2) is 17.8 Å². The van der Waals surface area contributed by atoms with Crippen LogP contribution in [0.4, 0.5) is 0 Å². The zero-order valence-corrected chi connectivity index (χ0v) is 20.5. The molecule has 0 N–H and O–H groups in total. The summed E-state index contributed by atoms with van der Waals surface area (Å²) in [6.07, 6.45) is 5.84. The number of rotatable bonds is 8. The Bertz CT molecular complexity index is 1350. The molecule has 174 valence electrons. The molecule has 0 radical (unpaired) electrons. The van der Waals surface area contributed by atoms with Crippen LogP contribution in [0.2, 0.25) is 25.7 Å². The molecule has 0 fully saturated rings. The molecule has 34 heavy (non-hydrogen) atoms. The summed E-state index contributed by atoms with van der Waals surface area (Å²) in [5, 5.41) is 14.7. The summed E-state index contributed by atoms with van der Waals surface area (Å²) in [5.74, 6) is 1.29. The second kappa shape index (κ2) is 9.00. The SMILES string of the molecule is C[Si](C)(C)CCOCn1nc(-c2cnco2)c2cc(OC3CCc4nc(C#N)cnc43)ccc21. The Hall–Kier alpha value is -3.55. The third-order valence-corrected chi connectivity index (χ3v) is 7.52. The molecular formula is C24H26N6O3Si. The van der Waals surface area contributed by atoms with E-state index in [1.54, 1.807) is 6.20 Å². The summed E-state index contributed by atoms with van der Waals surface area (Å²) in [5.41, 5.74) is 3.57. The Labute approximate surface area is 198 Å². The van der Waals surface area contributed by atoms with Crippen molar-refractivity contribution in [2.45, 2.75) is 51.4 Å². The topological polar surface area (TPSA) is 112 Å². The molecule has 1 aliphatic carbocycles. The van der Waals surface area contributed by atoms with Gasteiger partial charge in [-0.15, -0.1) is 0 Å². The number of hydrogen-bond donors (Lipinski definition) is 0. The highest BCUT2D eigenvalue weighted by atomic mass is 28.3. The summed E-state index contributed by atoms with van der Waals surface area (Å²) in [6.45, 7) is 8.08. The zero-order chi connectivity index (χ0) is 23.7. The van der Waals surface area contributed by atoms with Crippen LogP contribution >= 0.6 is 0 Å². The van der Waals surface area contributed by atoms with Crippen molar-refractivity contribution in [3.8, 4) is 23.3 Å². The minimum absolute atomic E-state index is 0.207. The van der Waals surface area contributed by atoms with Crippen LogP contribution in [-0.4, -0.2) is 39.4 Å². The summed E-state index contributed by atoms with van der Waals surface area (Å²) in [6, 6.07) is 9.02. The van der Waals surface area contributed by atoms with Gasteiger partial charge in [-0.3, -0.25) is 4.98 Å². The Morgan fingerprint density at radius 1 is 1.26 bits per heavy atom. The third kappa shape index (κ3) is 4.57. The first-order valence-corrected chi connectivity index (χ1v) is 15.0. The van der Waals surface area contributed by atoms with E-state index in [2.05, 4.69) is 34.6 Å². The molecule has 0 spiro atoms. The lowest BCUT2D eigenvalue weighted by Crippen LogP contribution is -2.22. The number of oxazole rings is 1. The van der Waals surface area contributed by atoms with Crippen LogP contribution < -0.4 is 4.74 Å². The van der Waals surface area contributed by atoms with Gasteiger partial charge in [-0.2, -0.15) is 10.4 Å². The third-order valence-electron chi connectivity index (χ3n) is 5.82. The van der Waals surface area contributed by atoms with Gasteiger partial charge in [-0.05, 0) is 37.1 Å². The van der Waals surface area contributed by atoms with Crippen molar-refractivity contribution in [2.24, 2.45) is 0 Å². The number of hydrogen-bond acceptors (Lipinski definition) is 8. The summed E-state index contributed by atoms with van der Waals surface area (Å²) in [7, 11) is -1.16. The van der Waals surface area contributed by atoms with Gasteiger partial charge in [0.05, 0.1) is 23.6 Å². The van der Waals surface area contributed by atoms with E-state index in [-0.39, 0.29) is 6.10 Å². The number of benzene rings is 1. The van der Waals surface area contributed by atoms with Crippen molar-refractivity contribution in [2.75, 3.05) is 6.61 Å². The maximum Gasteiger partial charge on any atom is 0.181 e. The van der Waals surface area contributed by atoms with Crippen LogP contribution in [0.5, 0.6) is 5.75 Å². The quantitative estimate of drug-likeness (QED) is 0.266. The molecule has 1 unspecified atom stereocenters. The molecule has 0 aliphatic heterocycles. The van der Waals surface area contributed by atoms with Gasteiger partial charge >= 0.3 is 0 Å². The van der Waals surface area contributed by atoms with E-state index in [0.29, 0.717) is 36.2 Å². The number of ether oxygens (including phenoxy) is 2. The van der Waals surface area contributed by atoms with Crippen molar-refractivity contribution >= 4 is 19.0 Å². The van der Waals surface area contributed by atoms with Crippen LogP contribution in [0.25, 0.3) is 22.4 Å². The van der Waals surface area contributed by atoms with E-state index < -0.39 is 8.07 Å². The fraction of sp³-hybridized carbons (Fsp3) is 0.375. The van der Waals surface area contributed by atoms with Gasteiger partial charge in [-0.25, -0.2) is 14.6 Å². The molecule has 5 rings (SSSR count). The summed E-state index contributed by atoms with van der Waals surface area (Å²) in [4.78, 5) is 12.8. The van der Waals surface area contributed by atoms with Crippen molar-refractivity contribution in [3.05, 3.63) is 54.1 Å². The van der Waals surface area contributed by atoms with Crippen molar-refractivity contribution in [3.63, 3.8) is 0 Å². The van der Waals surface area contributed by atoms with E-state index in [4.69, 9.17) is 24.3 Å². The first kappa shape index (κ1) is 22.2. The number of fused-ring (bicyclic) bond motifs is 2. The van der Waals surface area contributed by atoms with E-state index in [0.717, 1.165) is 41.2 Å². The molecule has 0 bridgehead atoms. The molecule has 3 aromatic heterocycles. The van der Waals surface area contributed by atoms with Gasteiger partial charge < -0.3 is 13.9 Å². The molecule has 1 aromatic carbocycles. The molecule has 0 amide bonds. The standard InChI is InChI=1S/C24H26N6O3Si/c1-34(2,3)9-8-31-15-30-20-6-4-17(10-18(20)23(29-30)22-13-26-14-32-22)33-21-7-5-19-24(21)27-12-16(11-25)28-19/h4,6,10,12-14,21H,5,7-9,15H2,1-3H3. The van der Waals surface area contributed by atoms with E-state index in [1.807, 2.05) is 29.0 Å². The predicted octanol–water partition coefficient (Wildman–Crippen LogP) is 4.73. The zero-order valence-electron chi connectivity index (χ0n) is 19.5. The van der Waals surface area contributed by atoms with Crippen LogP contribution in [0.1, 0.15) is 29.6 Å². The lowest BCUT2D eigenvalue weighted by atomic mass is 10.1. The summed E-state index contributed by atoms with van der Waals surface area (Å²) < 4.78 is 19.6. The maximum absolute atomic E-state index is 9.07. The van der Waals surface area contributed by atoms with Crippen molar-refractivity contribution in [1.82, 2.24) is 24.7 Å². The summed E-state index contributed by atoms with van der Waals surface area (Å²) >= 11 is 0. The largest absolute Gasteiger partial charge is 0.484 e. The Morgan fingerprint density at radius 2 is 2.15 bits per heavy atom. The second-order valence-electron chi connectivity index (χ2n) is 9.58. The van der Waals surface area contributed by atoms with Crippen LogP contribution in [0.3, 0.4) is 0 Å². The van der Waals surface area contributed by atoms with Crippen LogP contribution in [-0.2, 0) is 17.9 Å². The minimum atomic E-state index is -1.16. The Balaban J connectivity index is 1.41. The van der Waals surface area contributed by atoms with E-state index >= 15 is 0 Å². The van der Waals surface area contributed by atoms with E-state index in [1.165, 1.54) is 12.6 Å². The average Bonchev–Trinajstić information content (AvgIpc) is 3.55. The second-order valence-corrected chi connectivity index (χ2v) is 15.2. The predicted molar refractivity (Wildman–Crippen MR) is 128 cm³/mol. The highest BCUT2D eigenvalue weighted by molar-refractivity contribution is 6.76. The highest BCUT2D eigenvalue weighted by Gasteiger charge is 2.28. The van der Waals surface area contributed by atoms with Gasteiger partial charge in [0.2, 0.25) is 0 Å². The molecule has 10 heteroatoms. The van der Waals surface area contributed by atoms with Gasteiger partial charge in [0.25, 0.3) is 0 Å². The van der Waals surface area contributed by atoms with Crippen LogP contribution in [0.15, 0.2) is 41.4 Å². The van der Waals surface area contributed by atoms with Crippen LogP contribution in [0, 0.1) is 11.3 Å². The molecule has 1 atom stereocenters. The number of aryl methyl sites for hydroxylation is 1. The van der Waals surface area contributed by atoms with Gasteiger partial charge in [0, 0.05) is 20.1 Å². The molecule has 4 aromatic rings. The molecule has 1 aliphatic rings. The molecule has 9 nitrogen and oxygen atoms in total. The highest BCUT2D eigenvalue weighted by Crippen LogP contribution is 2.36. The van der Waals surface area contributed by atoms with Gasteiger partial charge in [0.1, 0.15) is 36.0 Å². The van der Waals surface area contributed by atoms with E-state index in [9.17, 15) is 0 Å². The molecule has 3 heterocycles. The Kier molecular flexibility index (Phi) is 5.89.